The van der Waals surface area contributed by atoms with Crippen molar-refractivity contribution < 1.29 is 27.8 Å². The van der Waals surface area contributed by atoms with Gasteiger partial charge in [-0.25, -0.2) is 4.79 Å². The highest BCUT2D eigenvalue weighted by atomic mass is 19.4. The van der Waals surface area contributed by atoms with Crippen LogP contribution in [0.4, 0.5) is 23.7 Å². The van der Waals surface area contributed by atoms with E-state index in [-0.39, 0.29) is 12.1 Å². The second-order valence-electron chi connectivity index (χ2n) is 8.93. The molecule has 1 N–H and O–H groups in total. The number of amides is 1. The van der Waals surface area contributed by atoms with Gasteiger partial charge in [0.05, 0.1) is 11.7 Å². The molecule has 0 spiro atoms. The number of benzene rings is 1. The third-order valence-corrected chi connectivity index (χ3v) is 5.37. The number of rotatable bonds is 3. The van der Waals surface area contributed by atoms with E-state index in [4.69, 9.17) is 4.74 Å². The Morgan fingerprint density at radius 1 is 1.13 bits per heavy atom. The van der Waals surface area contributed by atoms with Crippen molar-refractivity contribution in [1.29, 1.82) is 0 Å². The number of hydrogen-bond donors (Lipinski definition) is 1. The lowest BCUT2D eigenvalue weighted by Gasteiger charge is -2.36. The highest BCUT2D eigenvalue weighted by Crippen LogP contribution is 2.38. The van der Waals surface area contributed by atoms with Gasteiger partial charge >= 0.3 is 12.3 Å². The molecule has 3 rings (SSSR count). The van der Waals surface area contributed by atoms with Crippen molar-refractivity contribution in [3.8, 4) is 0 Å². The summed E-state index contributed by atoms with van der Waals surface area (Å²) in [7, 11) is 0. The molecule has 0 bridgehead atoms. The van der Waals surface area contributed by atoms with Crippen LogP contribution in [-0.4, -0.2) is 72.0 Å². The summed E-state index contributed by atoms with van der Waals surface area (Å²) in [6.07, 6.45) is -4.83. The molecule has 1 atom stereocenters. The number of β-amino-alcohol motifs (C(OH)–C–C–N with tert-alkyl or cyclic N) is 1. The van der Waals surface area contributed by atoms with Crippen LogP contribution in [0, 0.1) is 0 Å². The van der Waals surface area contributed by atoms with Crippen LogP contribution >= 0.6 is 0 Å². The minimum atomic E-state index is -4.46. The lowest BCUT2D eigenvalue weighted by molar-refractivity contribution is -0.138. The summed E-state index contributed by atoms with van der Waals surface area (Å²) in [6.45, 7) is 8.13. The highest BCUT2D eigenvalue weighted by Gasteiger charge is 2.36. The second-order valence-corrected chi connectivity index (χ2v) is 8.93. The molecule has 2 aliphatic heterocycles. The zero-order chi connectivity index (χ0) is 22.1. The van der Waals surface area contributed by atoms with Crippen LogP contribution in [-0.2, 0) is 17.5 Å². The van der Waals surface area contributed by atoms with Gasteiger partial charge in [0.2, 0.25) is 0 Å². The largest absolute Gasteiger partial charge is 0.444 e. The molecule has 168 valence electrons. The van der Waals surface area contributed by atoms with E-state index in [9.17, 15) is 23.1 Å². The van der Waals surface area contributed by atoms with Crippen molar-refractivity contribution in [2.24, 2.45) is 0 Å². The summed E-state index contributed by atoms with van der Waals surface area (Å²) in [5, 5.41) is 9.84. The predicted octanol–water partition coefficient (Wildman–Crippen LogP) is 3.33. The fourth-order valence-electron chi connectivity index (χ4n) is 3.90. The fraction of sp³-hybridized carbons (Fsp3) is 0.667. The summed E-state index contributed by atoms with van der Waals surface area (Å²) in [5.41, 5.74) is -0.480. The SMILES string of the molecule is CC(C)(C)OC(=O)N1CCN(Cc2c(N3CCC(O)C3)cccc2C(F)(F)F)CC1. The number of piperazine rings is 1. The molecule has 0 aliphatic carbocycles. The number of anilines is 1. The first-order chi connectivity index (χ1) is 13.9. The summed E-state index contributed by atoms with van der Waals surface area (Å²) in [5.74, 6) is 0. The zero-order valence-corrected chi connectivity index (χ0v) is 17.7. The number of carbonyl (C=O) groups excluding carboxylic acids is 1. The number of alkyl halides is 3. The van der Waals surface area contributed by atoms with Gasteiger partial charge in [-0.15, -0.1) is 0 Å². The van der Waals surface area contributed by atoms with E-state index in [1.165, 1.54) is 6.07 Å². The second kappa shape index (κ2) is 8.63. The maximum atomic E-state index is 13.7. The first-order valence-corrected chi connectivity index (χ1v) is 10.3. The molecule has 2 fully saturated rings. The van der Waals surface area contributed by atoms with E-state index in [2.05, 4.69) is 0 Å². The van der Waals surface area contributed by atoms with Crippen molar-refractivity contribution in [1.82, 2.24) is 9.80 Å². The molecule has 6 nitrogen and oxygen atoms in total. The molecule has 0 aromatic heterocycles. The van der Waals surface area contributed by atoms with Gasteiger partial charge in [-0.3, -0.25) is 4.90 Å². The van der Waals surface area contributed by atoms with Crippen molar-refractivity contribution in [2.75, 3.05) is 44.2 Å². The van der Waals surface area contributed by atoms with E-state index < -0.39 is 29.5 Å². The number of aliphatic hydroxyl groups excluding tert-OH is 1. The van der Waals surface area contributed by atoms with Gasteiger partial charge in [-0.05, 0) is 39.3 Å². The molecular weight excluding hydrogens is 399 g/mol. The number of aliphatic hydroxyl groups is 1. The fourth-order valence-corrected chi connectivity index (χ4v) is 3.90. The normalized spacial score (nSPS) is 21.2. The standard InChI is InChI=1S/C21H30F3N3O3/c1-20(2,3)30-19(29)26-11-9-25(10-12-26)14-16-17(21(22,23)24)5-4-6-18(16)27-8-7-15(28)13-27/h4-6,15,28H,7-14H2,1-3H3. The molecule has 2 aliphatic rings. The van der Waals surface area contributed by atoms with Crippen molar-refractivity contribution in [2.45, 2.75) is 51.6 Å². The Morgan fingerprint density at radius 3 is 2.33 bits per heavy atom. The minimum Gasteiger partial charge on any atom is -0.444 e. The van der Waals surface area contributed by atoms with E-state index in [1.807, 2.05) is 9.80 Å². The number of halogens is 3. The van der Waals surface area contributed by atoms with Crippen LogP contribution in [0.5, 0.6) is 0 Å². The molecule has 1 aromatic carbocycles. The molecule has 1 aromatic rings. The minimum absolute atomic E-state index is 0.139. The number of hydrogen-bond acceptors (Lipinski definition) is 5. The maximum Gasteiger partial charge on any atom is 0.416 e. The number of nitrogens with zero attached hydrogens (tertiary/aromatic N) is 3. The number of ether oxygens (including phenoxy) is 1. The smallest absolute Gasteiger partial charge is 0.416 e. The van der Waals surface area contributed by atoms with E-state index in [0.29, 0.717) is 51.4 Å². The molecular formula is C21H30F3N3O3. The molecule has 0 saturated carbocycles. The van der Waals surface area contributed by atoms with Crippen LogP contribution < -0.4 is 4.90 Å². The first-order valence-electron chi connectivity index (χ1n) is 10.3. The third-order valence-electron chi connectivity index (χ3n) is 5.37. The highest BCUT2D eigenvalue weighted by molar-refractivity contribution is 5.68. The lowest BCUT2D eigenvalue weighted by Crippen LogP contribution is -2.49. The molecule has 1 unspecified atom stereocenters. The van der Waals surface area contributed by atoms with Gasteiger partial charge in [0.1, 0.15) is 5.60 Å². The van der Waals surface area contributed by atoms with Gasteiger partial charge in [-0.1, -0.05) is 6.07 Å². The molecule has 30 heavy (non-hydrogen) atoms. The zero-order valence-electron chi connectivity index (χ0n) is 17.7. The van der Waals surface area contributed by atoms with Crippen LogP contribution in [0.1, 0.15) is 38.3 Å². The molecule has 2 heterocycles. The lowest BCUT2D eigenvalue weighted by atomic mass is 10.0. The average Bonchev–Trinajstić information content (AvgIpc) is 3.06. The molecule has 1 amide bonds. The Morgan fingerprint density at radius 2 is 1.80 bits per heavy atom. The van der Waals surface area contributed by atoms with Crippen molar-refractivity contribution in [3.05, 3.63) is 29.3 Å². The summed E-state index contributed by atoms with van der Waals surface area (Å²) in [6, 6.07) is 4.23. The van der Waals surface area contributed by atoms with Crippen molar-refractivity contribution >= 4 is 11.8 Å². The van der Waals surface area contributed by atoms with Gasteiger partial charge < -0.3 is 19.6 Å². The van der Waals surface area contributed by atoms with Crippen LogP contribution in [0.3, 0.4) is 0 Å². The summed E-state index contributed by atoms with van der Waals surface area (Å²) >= 11 is 0. The Bertz CT molecular complexity index is 756. The maximum absolute atomic E-state index is 13.7. The topological polar surface area (TPSA) is 56.2 Å². The Labute approximate surface area is 175 Å². The third kappa shape index (κ3) is 5.57. The quantitative estimate of drug-likeness (QED) is 0.799. The Balaban J connectivity index is 1.74. The molecule has 2 saturated heterocycles. The molecule has 9 heteroatoms. The summed E-state index contributed by atoms with van der Waals surface area (Å²) < 4.78 is 46.5. The monoisotopic (exact) mass is 429 g/mol. The first kappa shape index (κ1) is 22.7. The Hall–Kier alpha value is -2.00. The van der Waals surface area contributed by atoms with E-state index in [1.54, 1.807) is 31.7 Å². The Kier molecular flexibility index (Phi) is 6.52. The van der Waals surface area contributed by atoms with Crippen molar-refractivity contribution in [3.63, 3.8) is 0 Å². The summed E-state index contributed by atoms with van der Waals surface area (Å²) in [4.78, 5) is 17.6. The molecule has 0 radical (unpaired) electrons. The van der Waals surface area contributed by atoms with E-state index >= 15 is 0 Å². The van der Waals surface area contributed by atoms with E-state index in [0.717, 1.165) is 6.07 Å². The van der Waals surface area contributed by atoms with Gasteiger partial charge in [0.25, 0.3) is 0 Å². The number of carbonyl (C=O) groups is 1. The van der Waals surface area contributed by atoms with Gasteiger partial charge in [0.15, 0.2) is 0 Å². The van der Waals surface area contributed by atoms with Crippen LogP contribution in [0.2, 0.25) is 0 Å². The van der Waals surface area contributed by atoms with Gasteiger partial charge in [0, 0.05) is 57.1 Å². The predicted molar refractivity (Wildman–Crippen MR) is 107 cm³/mol. The van der Waals surface area contributed by atoms with Crippen LogP contribution in [0.25, 0.3) is 0 Å². The van der Waals surface area contributed by atoms with Crippen LogP contribution in [0.15, 0.2) is 18.2 Å². The van der Waals surface area contributed by atoms with Gasteiger partial charge in [-0.2, -0.15) is 13.2 Å². The average molecular weight is 429 g/mol.